The van der Waals surface area contributed by atoms with E-state index in [0.29, 0.717) is 12.0 Å². The van der Waals surface area contributed by atoms with Gasteiger partial charge in [-0.2, -0.15) is 0 Å². The quantitative estimate of drug-likeness (QED) is 0.0606. The summed E-state index contributed by atoms with van der Waals surface area (Å²) < 4.78 is 0. The van der Waals surface area contributed by atoms with E-state index in [2.05, 4.69) is 0 Å². The van der Waals surface area contributed by atoms with E-state index >= 15 is 0 Å². The van der Waals surface area contributed by atoms with Gasteiger partial charge in [0.2, 0.25) is 0 Å². The first-order valence-corrected chi connectivity index (χ1v) is 15.6. The summed E-state index contributed by atoms with van der Waals surface area (Å²) >= 11 is 0. The van der Waals surface area contributed by atoms with Crippen LogP contribution in [0.1, 0.15) is 82.0 Å². The van der Waals surface area contributed by atoms with Crippen molar-refractivity contribution >= 4 is 17.6 Å². The minimum absolute atomic E-state index is 0.0110. The second-order valence-electron chi connectivity index (χ2n) is 12.5. The molecule has 5 rings (SSSR count). The first kappa shape index (κ1) is 33.6. The van der Waals surface area contributed by atoms with E-state index in [4.69, 9.17) is 0 Å². The third-order valence-corrected chi connectivity index (χ3v) is 8.80. The summed E-state index contributed by atoms with van der Waals surface area (Å²) in [7, 11) is 0. The molecule has 1 aliphatic rings. The maximum absolute atomic E-state index is 14.7. The van der Waals surface area contributed by atoms with E-state index < -0.39 is 35.1 Å². The maximum Gasteiger partial charge on any atom is 0.189 e. The molecule has 8 heteroatoms. The number of carbonyl (C=O) groups is 2. The van der Waals surface area contributed by atoms with E-state index in [-0.39, 0.29) is 57.4 Å². The van der Waals surface area contributed by atoms with Gasteiger partial charge in [0, 0.05) is 23.0 Å². The molecule has 48 heavy (non-hydrogen) atoms. The zero-order valence-corrected chi connectivity index (χ0v) is 26.9. The van der Waals surface area contributed by atoms with Gasteiger partial charge < -0.3 is 30.6 Å². The predicted molar refractivity (Wildman–Crippen MR) is 184 cm³/mol. The van der Waals surface area contributed by atoms with Crippen LogP contribution in [0.3, 0.4) is 0 Å². The largest absolute Gasteiger partial charge is 0.508 e. The van der Waals surface area contributed by atoms with Crippen molar-refractivity contribution in [2.24, 2.45) is 5.92 Å². The third kappa shape index (κ3) is 6.98. The van der Waals surface area contributed by atoms with Gasteiger partial charge in [-0.25, -0.2) is 0 Å². The van der Waals surface area contributed by atoms with Crippen LogP contribution >= 0.6 is 0 Å². The van der Waals surface area contributed by atoms with Crippen LogP contribution in [0.5, 0.6) is 34.5 Å². The Hall–Kier alpha value is -5.76. The summed E-state index contributed by atoms with van der Waals surface area (Å²) in [6.07, 6.45) is 7.04. The van der Waals surface area contributed by atoms with Gasteiger partial charge in [0.1, 0.15) is 34.5 Å². The average Bonchev–Trinajstić information content (AvgIpc) is 3.04. The fourth-order valence-corrected chi connectivity index (χ4v) is 6.34. The Kier molecular flexibility index (Phi) is 9.75. The Morgan fingerprint density at radius 3 is 2.00 bits per heavy atom. The molecule has 1 aliphatic carbocycles. The van der Waals surface area contributed by atoms with Crippen LogP contribution < -0.4 is 0 Å². The molecular formula is C40H38O8. The first-order valence-electron chi connectivity index (χ1n) is 15.6. The zero-order chi connectivity index (χ0) is 34.7. The van der Waals surface area contributed by atoms with E-state index in [9.17, 15) is 40.2 Å². The monoisotopic (exact) mass is 646 g/mol. The molecule has 0 unspecified atom stereocenters. The first-order chi connectivity index (χ1) is 22.8. The number of carbonyl (C=O) groups excluding carboxylic acids is 2. The van der Waals surface area contributed by atoms with Crippen molar-refractivity contribution < 1.29 is 40.2 Å². The maximum atomic E-state index is 14.7. The second kappa shape index (κ2) is 13.9. The van der Waals surface area contributed by atoms with Crippen LogP contribution in [0.4, 0.5) is 0 Å². The highest BCUT2D eigenvalue weighted by Gasteiger charge is 2.43. The topological polar surface area (TPSA) is 156 Å². The molecule has 0 bridgehead atoms. The summed E-state index contributed by atoms with van der Waals surface area (Å²) in [5, 5.41) is 64.3. The molecule has 0 spiro atoms. The van der Waals surface area contributed by atoms with E-state index in [1.165, 1.54) is 60.7 Å². The number of phenolic OH excluding ortho intramolecular Hbond substituents is 6. The van der Waals surface area contributed by atoms with Crippen molar-refractivity contribution in [3.63, 3.8) is 0 Å². The molecule has 246 valence electrons. The summed E-state index contributed by atoms with van der Waals surface area (Å²) in [5.74, 6) is -4.66. The summed E-state index contributed by atoms with van der Waals surface area (Å²) in [5.41, 5.74) is 3.26. The van der Waals surface area contributed by atoms with Gasteiger partial charge in [0.25, 0.3) is 0 Å². The number of rotatable bonds is 9. The smallest absolute Gasteiger partial charge is 0.189 e. The number of ketones is 2. The van der Waals surface area contributed by atoms with E-state index in [0.717, 1.165) is 16.7 Å². The Balaban J connectivity index is 1.65. The molecule has 3 atom stereocenters. The minimum Gasteiger partial charge on any atom is -0.508 e. The molecule has 0 heterocycles. The molecule has 4 aromatic carbocycles. The summed E-state index contributed by atoms with van der Waals surface area (Å²) in [6.45, 7) is 5.64. The lowest BCUT2D eigenvalue weighted by Crippen LogP contribution is -2.31. The number of allylic oxidation sites excluding steroid dienone is 5. The van der Waals surface area contributed by atoms with Gasteiger partial charge in [-0.3, -0.25) is 9.59 Å². The zero-order valence-electron chi connectivity index (χ0n) is 26.9. The molecule has 0 fully saturated rings. The third-order valence-electron chi connectivity index (χ3n) is 8.80. The Labute approximate surface area is 278 Å². The van der Waals surface area contributed by atoms with Gasteiger partial charge >= 0.3 is 0 Å². The lowest BCUT2D eigenvalue weighted by Gasteiger charge is -2.37. The standard InChI is InChI=1S/C40H38O8/c1-22(2)4-14-28-34(44)18-16-30(38(28)46)40(48)36-31(25-8-12-27(42)13-9-25)20-23(3)21-32(36)37-35(45)19-15-29(39(37)47)33(43)17-7-24-5-10-26(41)11-6-24/h4-13,15-19,21,31-32,36,41-42,44-47H,14,20H2,1-3H3/b17-7+/t31-,32-,36-/m0/s1. The minimum atomic E-state index is -0.986. The molecule has 8 nitrogen and oxygen atoms in total. The van der Waals surface area contributed by atoms with Crippen molar-refractivity contribution in [2.45, 2.75) is 45.4 Å². The number of Topliss-reactive ketones (excluding diaryl/α,β-unsaturated/α-hetero) is 1. The van der Waals surface area contributed by atoms with Crippen LogP contribution in [0.25, 0.3) is 6.08 Å². The van der Waals surface area contributed by atoms with Crippen LogP contribution in [-0.2, 0) is 6.42 Å². The van der Waals surface area contributed by atoms with Crippen molar-refractivity contribution in [2.75, 3.05) is 0 Å². The van der Waals surface area contributed by atoms with Crippen molar-refractivity contribution in [3.8, 4) is 34.5 Å². The summed E-state index contributed by atoms with van der Waals surface area (Å²) in [4.78, 5) is 28.0. The van der Waals surface area contributed by atoms with Crippen LogP contribution in [0, 0.1) is 5.92 Å². The molecule has 0 radical (unpaired) electrons. The number of hydrogen-bond acceptors (Lipinski definition) is 8. The van der Waals surface area contributed by atoms with Crippen molar-refractivity contribution in [1.82, 2.24) is 0 Å². The highest BCUT2D eigenvalue weighted by Crippen LogP contribution is 2.52. The van der Waals surface area contributed by atoms with Gasteiger partial charge in [-0.15, -0.1) is 0 Å². The normalized spacial score (nSPS) is 17.6. The average molecular weight is 647 g/mol. The highest BCUT2D eigenvalue weighted by molar-refractivity contribution is 6.09. The molecule has 0 aromatic heterocycles. The number of phenols is 6. The molecular weight excluding hydrogens is 608 g/mol. The van der Waals surface area contributed by atoms with Crippen LogP contribution in [0.15, 0.2) is 102 Å². The molecule has 0 amide bonds. The van der Waals surface area contributed by atoms with Crippen LogP contribution in [-0.4, -0.2) is 42.2 Å². The van der Waals surface area contributed by atoms with Gasteiger partial charge in [0.05, 0.1) is 11.1 Å². The molecule has 0 saturated carbocycles. The lowest BCUT2D eigenvalue weighted by molar-refractivity contribution is 0.0877. The number of aromatic hydroxyl groups is 6. The Morgan fingerprint density at radius 2 is 1.35 bits per heavy atom. The second-order valence-corrected chi connectivity index (χ2v) is 12.5. The fourth-order valence-electron chi connectivity index (χ4n) is 6.34. The Bertz CT molecular complexity index is 1940. The summed E-state index contributed by atoms with van der Waals surface area (Å²) in [6, 6.07) is 18.0. The van der Waals surface area contributed by atoms with Crippen LogP contribution in [0.2, 0.25) is 0 Å². The van der Waals surface area contributed by atoms with Crippen molar-refractivity contribution in [1.29, 1.82) is 0 Å². The molecule has 0 saturated heterocycles. The van der Waals surface area contributed by atoms with Gasteiger partial charge in [-0.05, 0) is 105 Å². The molecule has 4 aromatic rings. The SMILES string of the molecule is CC(C)=CCc1c(O)ccc(C(=O)[C@@H]2[C@@H](c3c(O)ccc(C(=O)/C=C/c4ccc(O)cc4)c3O)C=C(C)C[C@H]2c2ccc(O)cc2)c1O. The van der Waals surface area contributed by atoms with Crippen molar-refractivity contribution in [3.05, 3.63) is 136 Å². The van der Waals surface area contributed by atoms with E-state index in [1.54, 1.807) is 30.3 Å². The van der Waals surface area contributed by atoms with E-state index in [1.807, 2.05) is 26.8 Å². The fraction of sp³-hybridized carbons (Fsp3) is 0.200. The number of hydrogen-bond donors (Lipinski definition) is 6. The van der Waals surface area contributed by atoms with Gasteiger partial charge in [-0.1, -0.05) is 53.6 Å². The van der Waals surface area contributed by atoms with Gasteiger partial charge in [0.15, 0.2) is 11.6 Å². The lowest BCUT2D eigenvalue weighted by atomic mass is 9.65. The molecule has 6 N–H and O–H groups in total. The molecule has 0 aliphatic heterocycles. The predicted octanol–water partition coefficient (Wildman–Crippen LogP) is 8.04. The highest BCUT2D eigenvalue weighted by atomic mass is 16.3. The Morgan fingerprint density at radius 1 is 0.750 bits per heavy atom. The number of benzene rings is 4.